The van der Waals surface area contributed by atoms with Gasteiger partial charge in [0.2, 0.25) is 0 Å². The van der Waals surface area contributed by atoms with Crippen LogP contribution in [0.15, 0.2) is 18.2 Å². The standard InChI is InChI=1S/C12H13F2NO4/c1-17-7-4-3-5-8(18-2)9(7)10-12(13,14)6-19-11(16)15-10/h3-5,10H,6H2,1-2H3,(H,15,16)/t10-/m1/s1. The molecule has 2 rings (SSSR count). The number of benzene rings is 1. The third-order valence-corrected chi connectivity index (χ3v) is 2.83. The predicted octanol–water partition coefficient (Wildman–Crippen LogP) is 2.12. The van der Waals surface area contributed by atoms with E-state index in [1.165, 1.54) is 26.4 Å². The van der Waals surface area contributed by atoms with Crippen LogP contribution in [0, 0.1) is 0 Å². The van der Waals surface area contributed by atoms with Gasteiger partial charge >= 0.3 is 12.0 Å². The Hall–Kier alpha value is -2.05. The molecule has 0 bridgehead atoms. The molecule has 1 aliphatic rings. The molecule has 0 spiro atoms. The molecule has 1 heterocycles. The van der Waals surface area contributed by atoms with Gasteiger partial charge in [-0.15, -0.1) is 0 Å². The van der Waals surface area contributed by atoms with Gasteiger partial charge in [0.15, 0.2) is 6.61 Å². The van der Waals surface area contributed by atoms with E-state index in [0.29, 0.717) is 0 Å². The fourth-order valence-corrected chi connectivity index (χ4v) is 1.96. The summed E-state index contributed by atoms with van der Waals surface area (Å²) in [6.45, 7) is -0.981. The molecule has 1 fully saturated rings. The zero-order chi connectivity index (χ0) is 14.0. The maximum absolute atomic E-state index is 13.9. The quantitative estimate of drug-likeness (QED) is 0.916. The fraction of sp³-hybridized carbons (Fsp3) is 0.417. The van der Waals surface area contributed by atoms with Crippen molar-refractivity contribution in [3.05, 3.63) is 23.8 Å². The number of amides is 1. The topological polar surface area (TPSA) is 56.8 Å². The van der Waals surface area contributed by atoms with Crippen molar-refractivity contribution in [1.29, 1.82) is 0 Å². The Labute approximate surface area is 108 Å². The summed E-state index contributed by atoms with van der Waals surface area (Å²) in [6, 6.07) is 3.10. The molecule has 1 aromatic rings. The van der Waals surface area contributed by atoms with Gasteiger partial charge < -0.3 is 19.5 Å². The molecule has 0 aromatic heterocycles. The molecule has 19 heavy (non-hydrogen) atoms. The number of hydrogen-bond donors (Lipinski definition) is 1. The van der Waals surface area contributed by atoms with Crippen molar-refractivity contribution in [2.75, 3.05) is 20.8 Å². The monoisotopic (exact) mass is 273 g/mol. The average Bonchev–Trinajstić information content (AvgIpc) is 2.40. The SMILES string of the molecule is COc1cccc(OC)c1[C@H]1NC(=O)OCC1(F)F. The van der Waals surface area contributed by atoms with Gasteiger partial charge in [-0.2, -0.15) is 0 Å². The zero-order valence-corrected chi connectivity index (χ0v) is 10.4. The minimum atomic E-state index is -3.25. The predicted molar refractivity (Wildman–Crippen MR) is 61.7 cm³/mol. The first-order valence-electron chi connectivity index (χ1n) is 5.51. The summed E-state index contributed by atoms with van der Waals surface area (Å²) in [7, 11) is 2.72. The number of carbonyl (C=O) groups is 1. The maximum atomic E-state index is 13.9. The number of ether oxygens (including phenoxy) is 3. The van der Waals surface area contributed by atoms with E-state index in [1.54, 1.807) is 6.07 Å². The zero-order valence-electron chi connectivity index (χ0n) is 10.4. The van der Waals surface area contributed by atoms with Crippen molar-refractivity contribution in [1.82, 2.24) is 5.32 Å². The minimum Gasteiger partial charge on any atom is -0.496 e. The van der Waals surface area contributed by atoms with E-state index < -0.39 is 24.7 Å². The van der Waals surface area contributed by atoms with E-state index in [2.05, 4.69) is 10.1 Å². The molecule has 1 saturated heterocycles. The lowest BCUT2D eigenvalue weighted by Crippen LogP contribution is -2.49. The number of alkyl halides is 2. The van der Waals surface area contributed by atoms with Gasteiger partial charge in [0.1, 0.15) is 17.5 Å². The van der Waals surface area contributed by atoms with E-state index in [9.17, 15) is 13.6 Å². The molecule has 5 nitrogen and oxygen atoms in total. The Morgan fingerprint density at radius 1 is 1.32 bits per heavy atom. The maximum Gasteiger partial charge on any atom is 0.408 e. The fourth-order valence-electron chi connectivity index (χ4n) is 1.96. The average molecular weight is 273 g/mol. The van der Waals surface area contributed by atoms with Gasteiger partial charge in [-0.3, -0.25) is 0 Å². The Bertz CT molecular complexity index is 470. The first-order chi connectivity index (χ1) is 8.99. The van der Waals surface area contributed by atoms with Crippen LogP contribution in [0.5, 0.6) is 11.5 Å². The summed E-state index contributed by atoms with van der Waals surface area (Å²) in [6.07, 6.45) is -0.899. The van der Waals surface area contributed by atoms with Crippen LogP contribution in [-0.2, 0) is 4.74 Å². The number of alkyl carbamates (subject to hydrolysis) is 1. The largest absolute Gasteiger partial charge is 0.496 e. The number of hydrogen-bond acceptors (Lipinski definition) is 4. The van der Waals surface area contributed by atoms with Crippen LogP contribution < -0.4 is 14.8 Å². The smallest absolute Gasteiger partial charge is 0.408 e. The lowest BCUT2D eigenvalue weighted by molar-refractivity contribution is -0.105. The molecule has 104 valence electrons. The Balaban J connectivity index is 2.52. The molecule has 1 amide bonds. The van der Waals surface area contributed by atoms with E-state index >= 15 is 0 Å². The van der Waals surface area contributed by atoms with Crippen molar-refractivity contribution < 1.29 is 27.8 Å². The van der Waals surface area contributed by atoms with Crippen molar-refractivity contribution in [3.63, 3.8) is 0 Å². The highest BCUT2D eigenvalue weighted by atomic mass is 19.3. The van der Waals surface area contributed by atoms with Crippen molar-refractivity contribution in [2.24, 2.45) is 0 Å². The van der Waals surface area contributed by atoms with Crippen LogP contribution in [0.4, 0.5) is 13.6 Å². The summed E-state index contributed by atoms with van der Waals surface area (Å²) in [5.74, 6) is -2.83. The molecule has 7 heteroatoms. The van der Waals surface area contributed by atoms with Gasteiger partial charge in [-0.1, -0.05) is 6.07 Å². The molecule has 1 atom stereocenters. The number of cyclic esters (lactones) is 1. The summed E-state index contributed by atoms with van der Waals surface area (Å²) in [4.78, 5) is 11.2. The van der Waals surface area contributed by atoms with Crippen molar-refractivity contribution in [3.8, 4) is 11.5 Å². The van der Waals surface area contributed by atoms with Crippen LogP contribution in [0.1, 0.15) is 11.6 Å². The third kappa shape index (κ3) is 2.40. The normalized spacial score (nSPS) is 21.3. The van der Waals surface area contributed by atoms with Crippen LogP contribution >= 0.6 is 0 Å². The molecule has 0 saturated carbocycles. The Morgan fingerprint density at radius 3 is 2.42 bits per heavy atom. The lowest BCUT2D eigenvalue weighted by atomic mass is 9.98. The van der Waals surface area contributed by atoms with Gasteiger partial charge in [0.25, 0.3) is 0 Å². The second-order valence-corrected chi connectivity index (χ2v) is 3.99. The van der Waals surface area contributed by atoms with Crippen molar-refractivity contribution >= 4 is 6.09 Å². The van der Waals surface area contributed by atoms with E-state index in [1.807, 2.05) is 0 Å². The second kappa shape index (κ2) is 4.91. The Morgan fingerprint density at radius 2 is 1.89 bits per heavy atom. The lowest BCUT2D eigenvalue weighted by Gasteiger charge is -2.33. The molecule has 1 N–H and O–H groups in total. The number of nitrogens with one attached hydrogen (secondary N) is 1. The highest BCUT2D eigenvalue weighted by molar-refractivity contribution is 5.70. The highest BCUT2D eigenvalue weighted by Crippen LogP contribution is 2.43. The number of methoxy groups -OCH3 is 2. The van der Waals surface area contributed by atoms with Gasteiger partial charge in [-0.25, -0.2) is 13.6 Å². The molecule has 1 aromatic carbocycles. The summed E-state index contributed by atoms with van der Waals surface area (Å²) in [5.41, 5.74) is 0.0918. The van der Waals surface area contributed by atoms with Gasteiger partial charge in [0, 0.05) is 0 Å². The first kappa shape index (κ1) is 13.4. The summed E-state index contributed by atoms with van der Waals surface area (Å²) in [5, 5.41) is 2.10. The number of halogens is 2. The van der Waals surface area contributed by atoms with Gasteiger partial charge in [0.05, 0.1) is 19.8 Å². The molecular formula is C12H13F2NO4. The Kier molecular flexibility index (Phi) is 3.46. The third-order valence-electron chi connectivity index (χ3n) is 2.83. The summed E-state index contributed by atoms with van der Waals surface area (Å²) < 4.78 is 42.3. The van der Waals surface area contributed by atoms with Crippen LogP contribution in [0.25, 0.3) is 0 Å². The van der Waals surface area contributed by atoms with E-state index in [-0.39, 0.29) is 17.1 Å². The molecule has 0 aliphatic carbocycles. The highest BCUT2D eigenvalue weighted by Gasteiger charge is 2.49. The number of rotatable bonds is 3. The van der Waals surface area contributed by atoms with E-state index in [4.69, 9.17) is 9.47 Å². The summed E-state index contributed by atoms with van der Waals surface area (Å²) >= 11 is 0. The molecule has 1 aliphatic heterocycles. The van der Waals surface area contributed by atoms with Crippen LogP contribution in [0.2, 0.25) is 0 Å². The van der Waals surface area contributed by atoms with Crippen molar-refractivity contribution in [2.45, 2.75) is 12.0 Å². The van der Waals surface area contributed by atoms with E-state index in [0.717, 1.165) is 0 Å². The second-order valence-electron chi connectivity index (χ2n) is 3.99. The first-order valence-corrected chi connectivity index (χ1v) is 5.51. The van der Waals surface area contributed by atoms with Gasteiger partial charge in [-0.05, 0) is 12.1 Å². The van der Waals surface area contributed by atoms with Crippen LogP contribution in [-0.4, -0.2) is 32.8 Å². The van der Waals surface area contributed by atoms with Crippen LogP contribution in [0.3, 0.4) is 0 Å². The molecular weight excluding hydrogens is 260 g/mol. The molecule has 0 radical (unpaired) electrons. The molecule has 0 unspecified atom stereocenters. The number of carbonyl (C=O) groups excluding carboxylic acids is 1. The minimum absolute atomic E-state index is 0.0918.